The van der Waals surface area contributed by atoms with Crippen molar-refractivity contribution in [1.29, 1.82) is 0 Å². The lowest BCUT2D eigenvalue weighted by atomic mass is 10.0. The van der Waals surface area contributed by atoms with Crippen molar-refractivity contribution >= 4 is 11.9 Å². The van der Waals surface area contributed by atoms with Crippen LogP contribution in [0.2, 0.25) is 0 Å². The van der Waals surface area contributed by atoms with Crippen LogP contribution in [0.5, 0.6) is 0 Å². The zero-order valence-electron chi connectivity index (χ0n) is 10.2. The van der Waals surface area contributed by atoms with E-state index in [0.29, 0.717) is 0 Å². The molecule has 0 rings (SSSR count). The minimum atomic E-state index is -1.56. The molecule has 1 amide bonds. The van der Waals surface area contributed by atoms with E-state index >= 15 is 0 Å². The first kappa shape index (κ1) is 14.9. The van der Waals surface area contributed by atoms with Crippen molar-refractivity contribution in [2.75, 3.05) is 0 Å². The SMILES string of the molecule is CC(C)CC(F)C(NC(=O)C(C)C)C(=O)O. The first-order chi connectivity index (χ1) is 7.25. The normalized spacial score (nSPS) is 14.9. The molecular weight excluding hydrogens is 213 g/mol. The van der Waals surface area contributed by atoms with Gasteiger partial charge in [0.15, 0.2) is 6.04 Å². The van der Waals surface area contributed by atoms with Gasteiger partial charge in [-0.15, -0.1) is 0 Å². The molecule has 0 aromatic heterocycles. The molecule has 2 N–H and O–H groups in total. The van der Waals surface area contributed by atoms with Crippen molar-refractivity contribution in [3.05, 3.63) is 0 Å². The van der Waals surface area contributed by atoms with E-state index in [4.69, 9.17) is 5.11 Å². The molecule has 0 spiro atoms. The Bertz CT molecular complexity index is 254. The predicted molar refractivity (Wildman–Crippen MR) is 58.8 cm³/mol. The molecule has 4 nitrogen and oxygen atoms in total. The topological polar surface area (TPSA) is 66.4 Å². The lowest BCUT2D eigenvalue weighted by Crippen LogP contribution is -2.48. The van der Waals surface area contributed by atoms with Gasteiger partial charge in [0.2, 0.25) is 5.91 Å². The highest BCUT2D eigenvalue weighted by Gasteiger charge is 2.30. The third-order valence-electron chi connectivity index (χ3n) is 2.15. The third-order valence-corrected chi connectivity index (χ3v) is 2.15. The predicted octanol–water partition coefficient (Wildman–Crippen LogP) is 1.60. The molecule has 0 aromatic rings. The summed E-state index contributed by atoms with van der Waals surface area (Å²) in [5, 5.41) is 11.0. The zero-order chi connectivity index (χ0) is 12.9. The number of carbonyl (C=O) groups excluding carboxylic acids is 1. The molecule has 0 aromatic carbocycles. The maximum absolute atomic E-state index is 13.6. The van der Waals surface area contributed by atoms with Crippen molar-refractivity contribution < 1.29 is 19.1 Å². The van der Waals surface area contributed by atoms with E-state index in [-0.39, 0.29) is 18.3 Å². The number of amides is 1. The summed E-state index contributed by atoms with van der Waals surface area (Å²) in [6, 6.07) is -1.45. The molecule has 2 unspecified atom stereocenters. The van der Waals surface area contributed by atoms with Crippen LogP contribution in [0.4, 0.5) is 4.39 Å². The molecule has 0 fully saturated rings. The standard InChI is InChI=1S/C11H20FNO3/c1-6(2)5-8(12)9(11(15)16)13-10(14)7(3)4/h6-9H,5H2,1-4H3,(H,13,14)(H,15,16). The summed E-state index contributed by atoms with van der Waals surface area (Å²) in [6.07, 6.45) is -1.43. The van der Waals surface area contributed by atoms with E-state index in [9.17, 15) is 14.0 Å². The Morgan fingerprint density at radius 3 is 2.06 bits per heavy atom. The van der Waals surface area contributed by atoms with Gasteiger partial charge >= 0.3 is 5.97 Å². The highest BCUT2D eigenvalue weighted by Crippen LogP contribution is 2.12. The van der Waals surface area contributed by atoms with Crippen molar-refractivity contribution in [3.63, 3.8) is 0 Å². The molecule has 0 bridgehead atoms. The molecule has 0 saturated heterocycles. The monoisotopic (exact) mass is 233 g/mol. The number of aliphatic carboxylic acids is 1. The Morgan fingerprint density at radius 1 is 1.25 bits per heavy atom. The number of carbonyl (C=O) groups is 2. The summed E-state index contributed by atoms with van der Waals surface area (Å²) in [6.45, 7) is 6.86. The van der Waals surface area contributed by atoms with Gasteiger partial charge in [-0.25, -0.2) is 9.18 Å². The Labute approximate surface area is 95.2 Å². The maximum Gasteiger partial charge on any atom is 0.329 e. The molecule has 5 heteroatoms. The molecule has 0 saturated carbocycles. The largest absolute Gasteiger partial charge is 0.480 e. The van der Waals surface area contributed by atoms with E-state index in [1.54, 1.807) is 27.7 Å². The van der Waals surface area contributed by atoms with E-state index in [1.807, 2.05) is 0 Å². The highest BCUT2D eigenvalue weighted by atomic mass is 19.1. The molecule has 0 aliphatic rings. The summed E-state index contributed by atoms with van der Waals surface area (Å²) in [7, 11) is 0. The van der Waals surface area contributed by atoms with E-state index < -0.39 is 24.1 Å². The lowest BCUT2D eigenvalue weighted by Gasteiger charge is -2.20. The van der Waals surface area contributed by atoms with Crippen molar-refractivity contribution in [2.45, 2.75) is 46.3 Å². The third kappa shape index (κ3) is 5.09. The summed E-state index contributed by atoms with van der Waals surface area (Å²) < 4.78 is 13.6. The Balaban J connectivity index is 4.50. The second-order valence-corrected chi connectivity index (χ2v) is 4.62. The van der Waals surface area contributed by atoms with Crippen LogP contribution in [0, 0.1) is 11.8 Å². The molecular formula is C11H20FNO3. The number of hydrogen-bond donors (Lipinski definition) is 2. The Kier molecular flexibility index (Phi) is 6.00. The van der Waals surface area contributed by atoms with Crippen LogP contribution >= 0.6 is 0 Å². The van der Waals surface area contributed by atoms with Crippen molar-refractivity contribution in [3.8, 4) is 0 Å². The van der Waals surface area contributed by atoms with Crippen LogP contribution in [0.3, 0.4) is 0 Å². The van der Waals surface area contributed by atoms with Crippen LogP contribution in [0.1, 0.15) is 34.1 Å². The number of rotatable bonds is 6. The number of hydrogen-bond acceptors (Lipinski definition) is 2. The fourth-order valence-electron chi connectivity index (χ4n) is 1.21. The summed E-state index contributed by atoms with van der Waals surface area (Å²) in [5.41, 5.74) is 0. The summed E-state index contributed by atoms with van der Waals surface area (Å²) in [4.78, 5) is 22.1. The average Bonchev–Trinajstić information content (AvgIpc) is 2.11. The van der Waals surface area contributed by atoms with Gasteiger partial charge in [0, 0.05) is 5.92 Å². The van der Waals surface area contributed by atoms with Crippen LogP contribution in [0.15, 0.2) is 0 Å². The fraction of sp³-hybridized carbons (Fsp3) is 0.818. The van der Waals surface area contributed by atoms with Gasteiger partial charge in [0.25, 0.3) is 0 Å². The highest BCUT2D eigenvalue weighted by molar-refractivity contribution is 5.84. The minimum absolute atomic E-state index is 0.0489. The first-order valence-electron chi connectivity index (χ1n) is 5.43. The van der Waals surface area contributed by atoms with Gasteiger partial charge in [-0.3, -0.25) is 4.79 Å². The smallest absolute Gasteiger partial charge is 0.329 e. The van der Waals surface area contributed by atoms with Gasteiger partial charge in [0.05, 0.1) is 0 Å². The summed E-state index contributed by atoms with van der Waals surface area (Å²) >= 11 is 0. The second kappa shape index (κ2) is 6.45. The minimum Gasteiger partial charge on any atom is -0.480 e. The van der Waals surface area contributed by atoms with Crippen molar-refractivity contribution in [2.24, 2.45) is 11.8 Å². The molecule has 0 heterocycles. The van der Waals surface area contributed by atoms with Gasteiger partial charge in [-0.2, -0.15) is 0 Å². The first-order valence-corrected chi connectivity index (χ1v) is 5.43. The molecule has 16 heavy (non-hydrogen) atoms. The second-order valence-electron chi connectivity index (χ2n) is 4.62. The van der Waals surface area contributed by atoms with Crippen LogP contribution < -0.4 is 5.32 Å². The van der Waals surface area contributed by atoms with Gasteiger partial charge in [-0.05, 0) is 12.3 Å². The molecule has 0 aliphatic carbocycles. The Morgan fingerprint density at radius 2 is 1.75 bits per heavy atom. The van der Waals surface area contributed by atoms with Gasteiger partial charge in [-0.1, -0.05) is 27.7 Å². The number of nitrogens with one attached hydrogen (secondary N) is 1. The summed E-state index contributed by atoms with van der Waals surface area (Å²) in [5.74, 6) is -2.08. The van der Waals surface area contributed by atoms with E-state index in [0.717, 1.165) is 0 Å². The fourth-order valence-corrected chi connectivity index (χ4v) is 1.21. The molecule has 2 atom stereocenters. The van der Waals surface area contributed by atoms with Crippen LogP contribution in [0.25, 0.3) is 0 Å². The van der Waals surface area contributed by atoms with Crippen LogP contribution in [-0.2, 0) is 9.59 Å². The maximum atomic E-state index is 13.6. The molecule has 94 valence electrons. The van der Waals surface area contributed by atoms with Gasteiger partial charge in [0.1, 0.15) is 6.17 Å². The molecule has 0 aliphatic heterocycles. The number of carboxylic acid groups (broad SMARTS) is 1. The van der Waals surface area contributed by atoms with E-state index in [1.165, 1.54) is 0 Å². The average molecular weight is 233 g/mol. The molecule has 0 radical (unpaired) electrons. The van der Waals surface area contributed by atoms with Crippen molar-refractivity contribution in [1.82, 2.24) is 5.32 Å². The van der Waals surface area contributed by atoms with E-state index in [2.05, 4.69) is 5.32 Å². The lowest BCUT2D eigenvalue weighted by molar-refractivity contribution is -0.144. The number of halogens is 1. The Hall–Kier alpha value is -1.13. The number of carboxylic acids is 1. The number of alkyl halides is 1. The quantitative estimate of drug-likeness (QED) is 0.732. The zero-order valence-corrected chi connectivity index (χ0v) is 10.2. The van der Waals surface area contributed by atoms with Gasteiger partial charge < -0.3 is 10.4 Å². The van der Waals surface area contributed by atoms with Crippen LogP contribution in [-0.4, -0.2) is 29.2 Å².